The van der Waals surface area contributed by atoms with Gasteiger partial charge in [-0.05, 0) is 0 Å². The van der Waals surface area contributed by atoms with Gasteiger partial charge in [0.25, 0.3) is 0 Å². The molecule has 0 amide bonds. The van der Waals surface area contributed by atoms with Crippen LogP contribution in [-0.2, 0) is 26.4 Å². The number of quaternary nitrogens is 2. The number of aliphatic carboxylic acids is 2. The first kappa shape index (κ1) is 68.5. The zero-order valence-electron chi connectivity index (χ0n) is 22.5. The zero-order chi connectivity index (χ0) is 21.7. The quantitative estimate of drug-likeness (QED) is 0.122. The van der Waals surface area contributed by atoms with Crippen LogP contribution in [0.5, 0.6) is 0 Å². The molecule has 3 aliphatic rings. The van der Waals surface area contributed by atoms with E-state index in [4.69, 9.17) is 0 Å². The van der Waals surface area contributed by atoms with Gasteiger partial charge in [0, 0.05) is 39.3 Å². The molecule has 3 heterocycles. The zero-order valence-corrected chi connectivity index (χ0v) is 27.3. The molecular formula is C18H50Cl5CoN8O9. The molecule has 3 rings (SSSR count). The molecule has 260 valence electrons. The topological polar surface area (TPSA) is 337 Å². The van der Waals surface area contributed by atoms with Crippen molar-refractivity contribution in [3.8, 4) is 0 Å². The van der Waals surface area contributed by atoms with E-state index in [0.717, 1.165) is 39.3 Å². The Morgan fingerprint density at radius 2 is 0.659 bits per heavy atom. The molecule has 0 radical (unpaired) electrons. The van der Waals surface area contributed by atoms with Gasteiger partial charge in [-0.1, -0.05) is 0 Å². The van der Waals surface area contributed by atoms with Gasteiger partial charge in [0.1, 0.15) is 11.1 Å². The van der Waals surface area contributed by atoms with E-state index in [1.165, 1.54) is 0 Å². The third-order valence-electron chi connectivity index (χ3n) is 5.72. The van der Waals surface area contributed by atoms with E-state index in [0.29, 0.717) is 39.3 Å². The Bertz CT molecular complexity index is 487. The maximum atomic E-state index is 11.2. The van der Waals surface area contributed by atoms with Gasteiger partial charge in [-0.15, -0.1) is 0 Å². The molecule has 3 saturated heterocycles. The summed E-state index contributed by atoms with van der Waals surface area (Å²) >= 11 is 0. The van der Waals surface area contributed by atoms with Crippen molar-refractivity contribution >= 4 is 11.9 Å². The van der Waals surface area contributed by atoms with E-state index in [1.807, 2.05) is 10.6 Å². The summed E-state index contributed by atoms with van der Waals surface area (Å²) in [6, 6.07) is 0. The molecule has 0 unspecified atom stereocenters. The van der Waals surface area contributed by atoms with E-state index in [-0.39, 0.29) is 130 Å². The first-order valence-electron chi connectivity index (χ1n) is 10.8. The van der Waals surface area contributed by atoms with Crippen molar-refractivity contribution in [1.29, 1.82) is 0 Å². The molecule has 0 aromatic heterocycles. The number of fused-ring (bicyclic) bond motifs is 15. The fraction of sp³-hybridized carbons (Fsp3) is 0.889. The Hall–Kier alpha value is 0.376. The predicted octanol–water partition coefficient (Wildman–Crippen LogP) is -25.8. The van der Waals surface area contributed by atoms with E-state index in [2.05, 4.69) is 31.9 Å². The van der Waals surface area contributed by atoms with E-state index < -0.39 is 11.9 Å². The summed E-state index contributed by atoms with van der Waals surface area (Å²) in [6.45, 7) is 8.63. The van der Waals surface area contributed by atoms with Crippen LogP contribution in [0.4, 0.5) is 0 Å². The summed E-state index contributed by atoms with van der Waals surface area (Å²) in [7, 11) is 0. The number of nitrogens with one attached hydrogen (secondary N) is 6. The number of carboxylic acid groups (broad SMARTS) is 2. The van der Waals surface area contributed by atoms with Crippen molar-refractivity contribution in [2.45, 2.75) is 11.1 Å². The molecule has 3 fully saturated rings. The molecule has 3 aliphatic heterocycles. The Labute approximate surface area is 282 Å². The van der Waals surface area contributed by atoms with Crippen LogP contribution >= 0.6 is 0 Å². The molecule has 23 heteroatoms. The second-order valence-corrected chi connectivity index (χ2v) is 8.39. The van der Waals surface area contributed by atoms with Crippen molar-refractivity contribution in [1.82, 2.24) is 31.9 Å². The minimum Gasteiger partial charge on any atom is -1.00 e. The minimum atomic E-state index is -0.817. The van der Waals surface area contributed by atoms with Crippen molar-refractivity contribution in [3.05, 3.63) is 0 Å². The van der Waals surface area contributed by atoms with Crippen molar-refractivity contribution in [2.24, 2.45) is 0 Å². The van der Waals surface area contributed by atoms with Gasteiger partial charge < -0.3 is 142 Å². The molecule has 0 aromatic carbocycles. The van der Waals surface area contributed by atoms with Crippen molar-refractivity contribution < 1.29 is 137 Å². The smallest absolute Gasteiger partial charge is 1.00 e. The first-order valence-corrected chi connectivity index (χ1v) is 10.8. The second kappa shape index (κ2) is 38.4. The Kier molecular flexibility index (Phi) is 64.2. The number of carboxylic acids is 2. The predicted molar refractivity (Wildman–Crippen MR) is 130 cm³/mol. The fourth-order valence-corrected chi connectivity index (χ4v) is 3.97. The van der Waals surface area contributed by atoms with Gasteiger partial charge in [0.15, 0.2) is 13.1 Å². The molecule has 22 N–H and O–H groups in total. The molecule has 0 aromatic rings. The van der Waals surface area contributed by atoms with Crippen LogP contribution in [0.2, 0.25) is 0 Å². The average molecular weight is 759 g/mol. The normalized spacial score (nSPS) is 22.1. The molecule has 0 aliphatic carbocycles. The fourth-order valence-electron chi connectivity index (χ4n) is 3.97. The summed E-state index contributed by atoms with van der Waals surface area (Å²) in [4.78, 5) is 22.4. The SMILES string of the molecule is O.O.O.O.O.O=C(O)C[NH2+]C12CNCCNCC([NH2+]CC(=O)O)(CNCCNC1)CNCCNC2.[Cl-].[Cl-].[Cl-].[Cl-].[Cl-].[Co+3]. The first-order chi connectivity index (χ1) is 14.5. The summed E-state index contributed by atoms with van der Waals surface area (Å²) < 4.78 is 0. The van der Waals surface area contributed by atoms with Crippen LogP contribution in [0.3, 0.4) is 0 Å². The van der Waals surface area contributed by atoms with Crippen LogP contribution in [0.25, 0.3) is 0 Å². The largest absolute Gasteiger partial charge is 3.00 e. The molecule has 17 nitrogen and oxygen atoms in total. The molecule has 0 atom stereocenters. The number of rotatable bonds is 6. The minimum absolute atomic E-state index is 0. The summed E-state index contributed by atoms with van der Waals surface area (Å²) in [5, 5.41) is 43.1. The summed E-state index contributed by atoms with van der Waals surface area (Å²) in [5.74, 6) is -1.63. The van der Waals surface area contributed by atoms with Crippen molar-refractivity contribution in [2.75, 3.05) is 91.6 Å². The molecular weight excluding hydrogens is 708 g/mol. The van der Waals surface area contributed by atoms with Gasteiger partial charge in [-0.25, -0.2) is 9.59 Å². The average Bonchev–Trinajstić information content (AvgIpc) is 2.71. The third-order valence-corrected chi connectivity index (χ3v) is 5.72. The number of nitrogens with two attached hydrogens (primary N) is 2. The van der Waals surface area contributed by atoms with Gasteiger partial charge in [0.05, 0.1) is 39.3 Å². The number of carbonyl (C=O) groups is 2. The van der Waals surface area contributed by atoms with Crippen LogP contribution in [0.1, 0.15) is 0 Å². The standard InChI is InChI=1S/C18H38N8O4.5ClH.Co.5H2O/c27-15(28)7-25-17-9-19-1-2-20-10-18(26-8-16(29)30,13-23-5-3-21-11-17)14-24-6-4-22-12-17;;;;;;;;;;;/h19-26H,1-14H2,(H,27,28)(H,29,30);5*1H;;5*1H2/q;;;;;;+3;;;;;/p-3. The van der Waals surface area contributed by atoms with Crippen molar-refractivity contribution in [3.63, 3.8) is 0 Å². The van der Waals surface area contributed by atoms with Crippen LogP contribution in [-0.4, -0.2) is 152 Å². The molecule has 41 heavy (non-hydrogen) atoms. The third kappa shape index (κ3) is 28.9. The molecule has 2 bridgehead atoms. The number of halogens is 5. The van der Waals surface area contributed by atoms with Crippen LogP contribution < -0.4 is 105 Å². The monoisotopic (exact) mass is 756 g/mol. The van der Waals surface area contributed by atoms with Crippen LogP contribution in [0, 0.1) is 0 Å². The Morgan fingerprint density at radius 3 is 0.805 bits per heavy atom. The Morgan fingerprint density at radius 1 is 0.488 bits per heavy atom. The van der Waals surface area contributed by atoms with Crippen LogP contribution in [0.15, 0.2) is 0 Å². The maximum Gasteiger partial charge on any atom is 3.00 e. The van der Waals surface area contributed by atoms with Gasteiger partial charge in [-0.2, -0.15) is 0 Å². The maximum absolute atomic E-state index is 11.2. The van der Waals surface area contributed by atoms with E-state index in [1.54, 1.807) is 0 Å². The number of hydrogen-bond acceptors (Lipinski definition) is 8. The van der Waals surface area contributed by atoms with Gasteiger partial charge >= 0.3 is 28.7 Å². The molecule has 0 spiro atoms. The second-order valence-electron chi connectivity index (χ2n) is 8.39. The van der Waals surface area contributed by atoms with Gasteiger partial charge in [0.2, 0.25) is 0 Å². The summed E-state index contributed by atoms with van der Waals surface area (Å²) in [5.41, 5.74) is -0.600. The Balaban J connectivity index is -0.000000109. The van der Waals surface area contributed by atoms with E-state index in [9.17, 15) is 19.8 Å². The number of hydrogen-bond donors (Lipinski definition) is 10. The van der Waals surface area contributed by atoms with E-state index >= 15 is 0 Å². The van der Waals surface area contributed by atoms with Gasteiger partial charge in [-0.3, -0.25) is 0 Å². The molecule has 0 saturated carbocycles. The summed E-state index contributed by atoms with van der Waals surface area (Å²) in [6.07, 6.45) is 0.